The van der Waals surface area contributed by atoms with Gasteiger partial charge < -0.3 is 14.4 Å². The first-order valence-corrected chi connectivity index (χ1v) is 10.3. The largest absolute Gasteiger partial charge is 0.374 e. The molecule has 3 aliphatic rings. The smallest absolute Gasteiger partial charge is 0.0847 e. The van der Waals surface area contributed by atoms with Crippen LogP contribution in [0.25, 0.3) is 0 Å². The average Bonchev–Trinajstić information content (AvgIpc) is 3.32. The van der Waals surface area contributed by atoms with Gasteiger partial charge in [-0.3, -0.25) is 4.90 Å². The van der Waals surface area contributed by atoms with Crippen molar-refractivity contribution in [3.05, 3.63) is 21.9 Å². The highest BCUT2D eigenvalue weighted by Gasteiger charge is 2.45. The summed E-state index contributed by atoms with van der Waals surface area (Å²) in [6.07, 6.45) is 5.25. The maximum Gasteiger partial charge on any atom is 0.0847 e. The third-order valence-electron chi connectivity index (χ3n) is 5.71. The van der Waals surface area contributed by atoms with Crippen LogP contribution in [0.15, 0.2) is 12.1 Å². The van der Waals surface area contributed by atoms with Crippen molar-refractivity contribution in [2.75, 3.05) is 45.9 Å². The number of likely N-dealkylation sites (tertiary alicyclic amines) is 2. The molecule has 24 heavy (non-hydrogen) atoms. The van der Waals surface area contributed by atoms with Gasteiger partial charge in [0.25, 0.3) is 0 Å². The van der Waals surface area contributed by atoms with Gasteiger partial charge in [-0.15, -0.1) is 11.3 Å². The lowest BCUT2D eigenvalue weighted by Gasteiger charge is -2.23. The number of nitrogens with zero attached hydrogens (tertiary/aromatic N) is 2. The van der Waals surface area contributed by atoms with Crippen LogP contribution < -0.4 is 0 Å². The van der Waals surface area contributed by atoms with E-state index in [4.69, 9.17) is 9.47 Å². The summed E-state index contributed by atoms with van der Waals surface area (Å²) in [5.41, 5.74) is 0.0601. The number of hydrogen-bond donors (Lipinski definition) is 0. The molecule has 0 unspecified atom stereocenters. The van der Waals surface area contributed by atoms with Crippen molar-refractivity contribution < 1.29 is 9.47 Å². The third-order valence-corrected chi connectivity index (χ3v) is 6.69. The van der Waals surface area contributed by atoms with Gasteiger partial charge in [0.2, 0.25) is 0 Å². The molecule has 3 aliphatic heterocycles. The van der Waals surface area contributed by atoms with Crippen LogP contribution >= 0.6 is 11.3 Å². The Morgan fingerprint density at radius 1 is 1.25 bits per heavy atom. The molecule has 1 aromatic heterocycles. The Bertz CT molecular complexity index is 543. The van der Waals surface area contributed by atoms with Crippen molar-refractivity contribution in [3.63, 3.8) is 0 Å². The summed E-state index contributed by atoms with van der Waals surface area (Å²) < 4.78 is 12.4. The van der Waals surface area contributed by atoms with Gasteiger partial charge in [-0.25, -0.2) is 0 Å². The molecular weight excluding hydrogens is 320 g/mol. The summed E-state index contributed by atoms with van der Waals surface area (Å²) in [4.78, 5) is 7.95. The standard InChI is InChI=1S/C19H30N2O2S/c1-16-4-5-18(24-16)13-21-9-6-19(15-21)12-17(14-23-19)22-11-10-20-7-2-3-8-20/h4-5,17H,2-3,6-15H2,1H3/t17-,19-/m0/s1. The summed E-state index contributed by atoms with van der Waals surface area (Å²) in [5, 5.41) is 0. The molecule has 134 valence electrons. The molecule has 0 aliphatic carbocycles. The van der Waals surface area contributed by atoms with Crippen LogP contribution in [0.3, 0.4) is 0 Å². The summed E-state index contributed by atoms with van der Waals surface area (Å²) in [6.45, 7) is 10.7. The van der Waals surface area contributed by atoms with Gasteiger partial charge in [-0.05, 0) is 51.4 Å². The number of aryl methyl sites for hydroxylation is 1. The van der Waals surface area contributed by atoms with E-state index in [-0.39, 0.29) is 5.60 Å². The van der Waals surface area contributed by atoms with E-state index >= 15 is 0 Å². The van der Waals surface area contributed by atoms with Crippen LogP contribution in [-0.4, -0.2) is 67.4 Å². The van der Waals surface area contributed by atoms with Crippen LogP contribution in [0.4, 0.5) is 0 Å². The topological polar surface area (TPSA) is 24.9 Å². The zero-order chi connectivity index (χ0) is 16.4. The Morgan fingerprint density at radius 3 is 2.92 bits per heavy atom. The van der Waals surface area contributed by atoms with Crippen LogP contribution in [0.1, 0.15) is 35.4 Å². The molecule has 0 N–H and O–H groups in total. The van der Waals surface area contributed by atoms with Gasteiger partial charge in [0.05, 0.1) is 24.9 Å². The Hall–Kier alpha value is -0.460. The van der Waals surface area contributed by atoms with E-state index in [2.05, 4.69) is 28.9 Å². The van der Waals surface area contributed by atoms with Gasteiger partial charge in [-0.1, -0.05) is 0 Å². The normalized spacial score (nSPS) is 31.6. The van der Waals surface area contributed by atoms with E-state index in [1.807, 2.05) is 11.3 Å². The highest BCUT2D eigenvalue weighted by atomic mass is 32.1. The first-order valence-electron chi connectivity index (χ1n) is 9.46. The molecule has 1 spiro atoms. The molecule has 1 aromatic rings. The predicted octanol–water partition coefficient (Wildman–Crippen LogP) is 2.90. The summed E-state index contributed by atoms with van der Waals surface area (Å²) in [6, 6.07) is 4.49. The van der Waals surface area contributed by atoms with Crippen molar-refractivity contribution in [2.24, 2.45) is 0 Å². The molecule has 0 amide bonds. The van der Waals surface area contributed by atoms with Crippen molar-refractivity contribution >= 4 is 11.3 Å². The number of ether oxygens (including phenoxy) is 2. The minimum absolute atomic E-state index is 0.0601. The van der Waals surface area contributed by atoms with Gasteiger partial charge >= 0.3 is 0 Å². The van der Waals surface area contributed by atoms with Gasteiger partial charge in [0.1, 0.15) is 0 Å². The van der Waals surface area contributed by atoms with Crippen molar-refractivity contribution in [3.8, 4) is 0 Å². The Kier molecular flexibility index (Phi) is 5.25. The molecule has 4 rings (SSSR count). The molecule has 3 fully saturated rings. The predicted molar refractivity (Wildman–Crippen MR) is 97.7 cm³/mol. The summed E-state index contributed by atoms with van der Waals surface area (Å²) in [5.74, 6) is 0. The zero-order valence-electron chi connectivity index (χ0n) is 14.8. The fourth-order valence-electron chi connectivity index (χ4n) is 4.40. The first kappa shape index (κ1) is 17.0. The molecule has 0 aromatic carbocycles. The molecule has 4 heterocycles. The third kappa shape index (κ3) is 4.02. The fourth-order valence-corrected chi connectivity index (χ4v) is 5.33. The molecule has 5 heteroatoms. The van der Waals surface area contributed by atoms with Crippen LogP contribution in [0, 0.1) is 6.92 Å². The molecular formula is C19H30N2O2S. The zero-order valence-corrected chi connectivity index (χ0v) is 15.7. The van der Waals surface area contributed by atoms with Gasteiger partial charge in [0, 0.05) is 42.4 Å². The SMILES string of the molecule is Cc1ccc(CN2CC[C@]3(C[C@H](OCCN4CCCC4)CO3)C2)s1. The Labute approximate surface area is 149 Å². The lowest BCUT2D eigenvalue weighted by molar-refractivity contribution is 0.000338. The second-order valence-corrected chi connectivity index (χ2v) is 9.09. The highest BCUT2D eigenvalue weighted by Crippen LogP contribution is 2.37. The monoisotopic (exact) mass is 350 g/mol. The van der Waals surface area contributed by atoms with E-state index in [1.165, 1.54) is 35.7 Å². The fraction of sp³-hybridized carbons (Fsp3) is 0.789. The number of hydrogen-bond acceptors (Lipinski definition) is 5. The summed E-state index contributed by atoms with van der Waals surface area (Å²) >= 11 is 1.92. The number of rotatable bonds is 6. The van der Waals surface area contributed by atoms with E-state index < -0.39 is 0 Å². The van der Waals surface area contributed by atoms with Crippen LogP contribution in [-0.2, 0) is 16.0 Å². The minimum Gasteiger partial charge on any atom is -0.374 e. The molecule has 0 radical (unpaired) electrons. The number of thiophene rings is 1. The van der Waals surface area contributed by atoms with E-state index in [0.29, 0.717) is 6.10 Å². The van der Waals surface area contributed by atoms with E-state index in [0.717, 1.165) is 52.2 Å². The maximum atomic E-state index is 6.23. The minimum atomic E-state index is 0.0601. The first-order chi connectivity index (χ1) is 11.7. The van der Waals surface area contributed by atoms with Crippen molar-refractivity contribution in [2.45, 2.75) is 50.9 Å². The quantitative estimate of drug-likeness (QED) is 0.788. The molecule has 2 atom stereocenters. The van der Waals surface area contributed by atoms with Crippen LogP contribution in [0.2, 0.25) is 0 Å². The van der Waals surface area contributed by atoms with Crippen molar-refractivity contribution in [1.29, 1.82) is 0 Å². The van der Waals surface area contributed by atoms with E-state index in [9.17, 15) is 0 Å². The molecule has 0 bridgehead atoms. The van der Waals surface area contributed by atoms with Crippen LogP contribution in [0.5, 0.6) is 0 Å². The molecule has 0 saturated carbocycles. The second kappa shape index (κ2) is 7.42. The molecule has 3 saturated heterocycles. The second-order valence-electron chi connectivity index (χ2n) is 7.71. The van der Waals surface area contributed by atoms with Crippen molar-refractivity contribution in [1.82, 2.24) is 9.80 Å². The van der Waals surface area contributed by atoms with E-state index in [1.54, 1.807) is 0 Å². The summed E-state index contributed by atoms with van der Waals surface area (Å²) in [7, 11) is 0. The Morgan fingerprint density at radius 2 is 2.12 bits per heavy atom. The lowest BCUT2D eigenvalue weighted by Crippen LogP contribution is -2.33. The van der Waals surface area contributed by atoms with Gasteiger partial charge in [0.15, 0.2) is 0 Å². The average molecular weight is 351 g/mol. The van der Waals surface area contributed by atoms with Gasteiger partial charge in [-0.2, -0.15) is 0 Å². The lowest BCUT2D eigenvalue weighted by atomic mass is 9.98. The highest BCUT2D eigenvalue weighted by molar-refractivity contribution is 7.11. The maximum absolute atomic E-state index is 6.23. The molecule has 4 nitrogen and oxygen atoms in total. The Balaban J connectivity index is 1.21.